The highest BCUT2D eigenvalue weighted by Gasteiger charge is 2.18. The lowest BCUT2D eigenvalue weighted by Crippen LogP contribution is -2.22. The summed E-state index contributed by atoms with van der Waals surface area (Å²) >= 11 is 0. The molecule has 5 nitrogen and oxygen atoms in total. The van der Waals surface area contributed by atoms with Crippen LogP contribution in [-0.2, 0) is 14.3 Å². The normalized spacial score (nSPS) is 11.8. The van der Waals surface area contributed by atoms with Crippen LogP contribution in [0.2, 0.25) is 0 Å². The van der Waals surface area contributed by atoms with Crippen LogP contribution in [0.3, 0.4) is 0 Å². The third-order valence-corrected chi connectivity index (χ3v) is 2.47. The molecule has 1 aromatic carbocycles. The van der Waals surface area contributed by atoms with Crippen molar-refractivity contribution in [2.24, 2.45) is 5.73 Å². The van der Waals surface area contributed by atoms with Crippen LogP contribution in [-0.4, -0.2) is 26.2 Å². The summed E-state index contributed by atoms with van der Waals surface area (Å²) in [5.41, 5.74) is 7.44. The summed E-state index contributed by atoms with van der Waals surface area (Å²) < 4.78 is 9.17. The molecule has 0 aliphatic rings. The Morgan fingerprint density at radius 1 is 1.24 bits per heavy atom. The summed E-state index contributed by atoms with van der Waals surface area (Å²) in [6.07, 6.45) is 0. The van der Waals surface area contributed by atoms with E-state index in [4.69, 9.17) is 5.73 Å². The Balaban J connectivity index is 3.04. The van der Waals surface area contributed by atoms with Crippen LogP contribution in [0.15, 0.2) is 18.2 Å². The molecule has 0 heterocycles. The van der Waals surface area contributed by atoms with Crippen molar-refractivity contribution in [3.63, 3.8) is 0 Å². The maximum atomic E-state index is 11.4. The van der Waals surface area contributed by atoms with Gasteiger partial charge in [-0.15, -0.1) is 0 Å². The molecule has 0 fully saturated rings. The van der Waals surface area contributed by atoms with Crippen molar-refractivity contribution in [2.75, 3.05) is 14.2 Å². The molecule has 5 heteroatoms. The number of hydrogen-bond donors (Lipinski definition) is 1. The van der Waals surface area contributed by atoms with E-state index in [0.717, 1.165) is 0 Å². The van der Waals surface area contributed by atoms with Gasteiger partial charge in [0.15, 0.2) is 0 Å². The standard InChI is InChI=1S/C12H15NO4/c1-7-6-8(10(13)12(15)17-3)4-5-9(7)11(14)16-2/h4-6,10H,13H2,1-3H3. The van der Waals surface area contributed by atoms with E-state index in [1.807, 2.05) is 0 Å². The quantitative estimate of drug-likeness (QED) is 0.792. The van der Waals surface area contributed by atoms with Crippen molar-refractivity contribution >= 4 is 11.9 Å². The van der Waals surface area contributed by atoms with Gasteiger partial charge in [0, 0.05) is 0 Å². The fraction of sp³-hybridized carbons (Fsp3) is 0.333. The Morgan fingerprint density at radius 2 is 1.88 bits per heavy atom. The van der Waals surface area contributed by atoms with Gasteiger partial charge in [0.1, 0.15) is 6.04 Å². The summed E-state index contributed by atoms with van der Waals surface area (Å²) in [5, 5.41) is 0. The van der Waals surface area contributed by atoms with E-state index in [9.17, 15) is 9.59 Å². The molecule has 0 spiro atoms. The molecule has 1 atom stereocenters. The number of methoxy groups -OCH3 is 2. The van der Waals surface area contributed by atoms with Crippen LogP contribution in [0.4, 0.5) is 0 Å². The minimum absolute atomic E-state index is 0.416. The fourth-order valence-corrected chi connectivity index (χ4v) is 1.48. The van der Waals surface area contributed by atoms with Gasteiger partial charge in [-0.3, -0.25) is 4.79 Å². The molecular formula is C12H15NO4. The molecule has 0 saturated heterocycles. The second-order valence-corrected chi connectivity index (χ2v) is 3.57. The first-order valence-electron chi connectivity index (χ1n) is 5.03. The van der Waals surface area contributed by atoms with Crippen molar-refractivity contribution < 1.29 is 19.1 Å². The average molecular weight is 237 g/mol. The van der Waals surface area contributed by atoms with Crippen molar-refractivity contribution in [1.82, 2.24) is 0 Å². The smallest absolute Gasteiger partial charge is 0.338 e. The summed E-state index contributed by atoms with van der Waals surface area (Å²) in [7, 11) is 2.59. The van der Waals surface area contributed by atoms with Crippen LogP contribution in [0, 0.1) is 6.92 Å². The molecule has 0 radical (unpaired) electrons. The zero-order valence-electron chi connectivity index (χ0n) is 10.0. The van der Waals surface area contributed by atoms with Crippen LogP contribution in [0.25, 0.3) is 0 Å². The van der Waals surface area contributed by atoms with Gasteiger partial charge in [-0.05, 0) is 24.1 Å². The molecule has 1 unspecified atom stereocenters. The molecule has 1 aromatic rings. The number of carbonyl (C=O) groups excluding carboxylic acids is 2. The highest BCUT2D eigenvalue weighted by Crippen LogP contribution is 2.17. The molecule has 17 heavy (non-hydrogen) atoms. The summed E-state index contributed by atoms with van der Waals surface area (Å²) in [6, 6.07) is 4.03. The van der Waals surface area contributed by atoms with Gasteiger partial charge in [-0.25, -0.2) is 4.79 Å². The number of carbonyl (C=O) groups is 2. The maximum Gasteiger partial charge on any atom is 0.338 e. The third kappa shape index (κ3) is 2.82. The number of ether oxygens (including phenoxy) is 2. The third-order valence-electron chi connectivity index (χ3n) is 2.47. The minimum atomic E-state index is -0.842. The first-order valence-corrected chi connectivity index (χ1v) is 5.03. The second-order valence-electron chi connectivity index (χ2n) is 3.57. The molecule has 1 rings (SSSR count). The summed E-state index contributed by atoms with van der Waals surface area (Å²) in [4.78, 5) is 22.6. The zero-order valence-corrected chi connectivity index (χ0v) is 10.0. The Bertz CT molecular complexity index is 442. The highest BCUT2D eigenvalue weighted by atomic mass is 16.5. The number of esters is 2. The Hall–Kier alpha value is -1.88. The number of nitrogens with two attached hydrogens (primary N) is 1. The Morgan fingerprint density at radius 3 is 2.35 bits per heavy atom. The van der Waals surface area contributed by atoms with Crippen LogP contribution in [0.5, 0.6) is 0 Å². The van der Waals surface area contributed by atoms with Gasteiger partial charge < -0.3 is 15.2 Å². The van der Waals surface area contributed by atoms with E-state index in [0.29, 0.717) is 16.7 Å². The van der Waals surface area contributed by atoms with Crippen LogP contribution < -0.4 is 5.73 Å². The summed E-state index contributed by atoms with van der Waals surface area (Å²) in [6.45, 7) is 1.75. The molecular weight excluding hydrogens is 222 g/mol. The topological polar surface area (TPSA) is 78.6 Å². The fourth-order valence-electron chi connectivity index (χ4n) is 1.48. The molecule has 0 aromatic heterocycles. The Kier molecular flexibility index (Phi) is 4.23. The van der Waals surface area contributed by atoms with E-state index in [1.165, 1.54) is 14.2 Å². The number of rotatable bonds is 3. The molecule has 0 bridgehead atoms. The predicted octanol–water partition coefficient (Wildman–Crippen LogP) is 0.954. The molecule has 0 aliphatic heterocycles. The molecule has 0 saturated carbocycles. The predicted molar refractivity (Wildman–Crippen MR) is 61.5 cm³/mol. The monoisotopic (exact) mass is 237 g/mol. The summed E-state index contributed by atoms with van der Waals surface area (Å²) in [5.74, 6) is -0.934. The Labute approximate surface area is 99.5 Å². The lowest BCUT2D eigenvalue weighted by molar-refractivity contribution is -0.142. The first-order chi connectivity index (χ1) is 8.01. The zero-order chi connectivity index (χ0) is 13.0. The van der Waals surface area contributed by atoms with Gasteiger partial charge >= 0.3 is 11.9 Å². The van der Waals surface area contributed by atoms with Gasteiger partial charge in [0.2, 0.25) is 0 Å². The van der Waals surface area contributed by atoms with Crippen molar-refractivity contribution in [3.8, 4) is 0 Å². The number of benzene rings is 1. The molecule has 0 amide bonds. The molecule has 0 aliphatic carbocycles. The lowest BCUT2D eigenvalue weighted by atomic mass is 10.0. The van der Waals surface area contributed by atoms with E-state index in [1.54, 1.807) is 25.1 Å². The molecule has 92 valence electrons. The largest absolute Gasteiger partial charge is 0.468 e. The molecule has 2 N–H and O–H groups in total. The van der Waals surface area contributed by atoms with Gasteiger partial charge in [-0.1, -0.05) is 12.1 Å². The van der Waals surface area contributed by atoms with E-state index >= 15 is 0 Å². The van der Waals surface area contributed by atoms with Gasteiger partial charge in [-0.2, -0.15) is 0 Å². The van der Waals surface area contributed by atoms with Gasteiger partial charge in [0.25, 0.3) is 0 Å². The lowest BCUT2D eigenvalue weighted by Gasteiger charge is -2.11. The maximum absolute atomic E-state index is 11.4. The van der Waals surface area contributed by atoms with Gasteiger partial charge in [0.05, 0.1) is 19.8 Å². The number of aryl methyl sites for hydroxylation is 1. The minimum Gasteiger partial charge on any atom is -0.468 e. The van der Waals surface area contributed by atoms with Crippen molar-refractivity contribution in [1.29, 1.82) is 0 Å². The van der Waals surface area contributed by atoms with Crippen molar-refractivity contribution in [3.05, 3.63) is 34.9 Å². The van der Waals surface area contributed by atoms with E-state index in [2.05, 4.69) is 9.47 Å². The highest BCUT2D eigenvalue weighted by molar-refractivity contribution is 5.91. The average Bonchev–Trinajstić information content (AvgIpc) is 2.35. The first kappa shape index (κ1) is 13.2. The van der Waals surface area contributed by atoms with Crippen molar-refractivity contribution in [2.45, 2.75) is 13.0 Å². The second kappa shape index (κ2) is 5.45. The number of hydrogen-bond acceptors (Lipinski definition) is 5. The SMILES string of the molecule is COC(=O)c1ccc(C(N)C(=O)OC)cc1C. The van der Waals surface area contributed by atoms with E-state index < -0.39 is 18.0 Å². The van der Waals surface area contributed by atoms with E-state index in [-0.39, 0.29) is 0 Å². The van der Waals surface area contributed by atoms with Crippen LogP contribution >= 0.6 is 0 Å². The van der Waals surface area contributed by atoms with Crippen LogP contribution in [0.1, 0.15) is 27.5 Å².